The van der Waals surface area contributed by atoms with Crippen molar-refractivity contribution >= 4 is 5.97 Å². The molecule has 0 aliphatic heterocycles. The number of rotatable bonds is 5. The fraction of sp³-hybridized carbons (Fsp3) is 0.400. The maximum Gasteiger partial charge on any atom is 0.304 e. The van der Waals surface area contributed by atoms with Gasteiger partial charge in [0.25, 0.3) is 0 Å². The minimum atomic E-state index is -0.856. The molecule has 2 N–H and O–H groups in total. The van der Waals surface area contributed by atoms with E-state index in [2.05, 4.69) is 11.1 Å². The van der Waals surface area contributed by atoms with Crippen molar-refractivity contribution in [3.05, 3.63) is 24.0 Å². The summed E-state index contributed by atoms with van der Waals surface area (Å²) in [6, 6.07) is 5.33. The average Bonchev–Trinajstić information content (AvgIpc) is 2.69. The van der Waals surface area contributed by atoms with Gasteiger partial charge in [-0.1, -0.05) is 0 Å². The van der Waals surface area contributed by atoms with Crippen LogP contribution in [0.5, 0.6) is 0 Å². The first-order valence-electron chi connectivity index (χ1n) is 4.60. The number of nitrogens with zero attached hydrogens (tertiary/aromatic N) is 2. The predicted molar refractivity (Wildman–Crippen MR) is 54.0 cm³/mol. The topological polar surface area (TPSA) is 80.1 Å². The standard InChI is InChI=1S/C10H13N3O2/c1-13(6-4-10(14)15)9(7-11)8-3-2-5-12-8/h2-3,5,9,12H,4,6H2,1H3,(H,14,15). The van der Waals surface area contributed by atoms with Crippen molar-refractivity contribution in [2.75, 3.05) is 13.6 Å². The summed E-state index contributed by atoms with van der Waals surface area (Å²) in [6.45, 7) is 0.354. The van der Waals surface area contributed by atoms with Crippen LogP contribution >= 0.6 is 0 Å². The molecule has 5 heteroatoms. The van der Waals surface area contributed by atoms with Crippen molar-refractivity contribution in [3.63, 3.8) is 0 Å². The van der Waals surface area contributed by atoms with E-state index in [9.17, 15) is 4.79 Å². The van der Waals surface area contributed by atoms with Gasteiger partial charge >= 0.3 is 5.97 Å². The van der Waals surface area contributed by atoms with Crippen molar-refractivity contribution in [1.29, 1.82) is 5.26 Å². The second-order valence-electron chi connectivity index (χ2n) is 3.28. The molecule has 5 nitrogen and oxygen atoms in total. The molecule has 1 aromatic heterocycles. The number of nitrogens with one attached hydrogen (secondary N) is 1. The zero-order chi connectivity index (χ0) is 11.3. The highest BCUT2D eigenvalue weighted by Crippen LogP contribution is 2.16. The average molecular weight is 207 g/mol. The molecule has 0 saturated carbocycles. The Hall–Kier alpha value is -1.80. The molecular formula is C10H13N3O2. The fourth-order valence-electron chi connectivity index (χ4n) is 1.32. The Kier molecular flexibility index (Phi) is 3.89. The summed E-state index contributed by atoms with van der Waals surface area (Å²) in [6.07, 6.45) is 1.78. The molecule has 1 aromatic rings. The molecule has 1 rings (SSSR count). The number of hydrogen-bond acceptors (Lipinski definition) is 3. The molecular weight excluding hydrogens is 194 g/mol. The van der Waals surface area contributed by atoms with E-state index in [0.717, 1.165) is 5.69 Å². The number of nitriles is 1. The highest BCUT2D eigenvalue weighted by molar-refractivity contribution is 5.66. The summed E-state index contributed by atoms with van der Waals surface area (Å²) in [5.41, 5.74) is 0.783. The fourth-order valence-corrected chi connectivity index (χ4v) is 1.32. The number of H-pyrrole nitrogens is 1. The summed E-state index contributed by atoms with van der Waals surface area (Å²) in [5.74, 6) is -0.856. The van der Waals surface area contributed by atoms with Gasteiger partial charge in [-0.3, -0.25) is 9.69 Å². The molecule has 1 unspecified atom stereocenters. The van der Waals surface area contributed by atoms with Crippen LogP contribution in [0.25, 0.3) is 0 Å². The normalized spacial score (nSPS) is 12.3. The molecule has 80 valence electrons. The lowest BCUT2D eigenvalue weighted by Gasteiger charge is -2.20. The first-order chi connectivity index (χ1) is 7.15. The lowest BCUT2D eigenvalue weighted by atomic mass is 10.2. The number of aromatic nitrogens is 1. The van der Waals surface area contributed by atoms with Crippen LogP contribution in [0, 0.1) is 11.3 Å². The van der Waals surface area contributed by atoms with Crippen LogP contribution in [0.1, 0.15) is 18.2 Å². The Labute approximate surface area is 87.9 Å². The van der Waals surface area contributed by atoms with Crippen LogP contribution in [-0.4, -0.2) is 34.6 Å². The number of aromatic amines is 1. The van der Waals surface area contributed by atoms with Gasteiger partial charge in [-0.2, -0.15) is 5.26 Å². The van der Waals surface area contributed by atoms with Crippen LogP contribution < -0.4 is 0 Å². The van der Waals surface area contributed by atoms with Crippen LogP contribution in [0.2, 0.25) is 0 Å². The van der Waals surface area contributed by atoms with E-state index in [1.165, 1.54) is 0 Å². The van der Waals surface area contributed by atoms with Gasteiger partial charge < -0.3 is 10.1 Å². The Morgan fingerprint density at radius 1 is 1.80 bits per heavy atom. The summed E-state index contributed by atoms with van der Waals surface area (Å²) in [7, 11) is 1.73. The summed E-state index contributed by atoms with van der Waals surface area (Å²) >= 11 is 0. The third-order valence-electron chi connectivity index (χ3n) is 2.16. The lowest BCUT2D eigenvalue weighted by Crippen LogP contribution is -2.26. The SMILES string of the molecule is CN(CCC(=O)O)C(C#N)c1ccc[nH]1. The van der Waals surface area contributed by atoms with Gasteiger partial charge in [0.2, 0.25) is 0 Å². The van der Waals surface area contributed by atoms with Crippen LogP contribution in [0.15, 0.2) is 18.3 Å². The highest BCUT2D eigenvalue weighted by atomic mass is 16.4. The Morgan fingerprint density at radius 3 is 3.00 bits per heavy atom. The minimum Gasteiger partial charge on any atom is -0.481 e. The minimum absolute atomic E-state index is 0.0371. The van der Waals surface area contributed by atoms with Crippen LogP contribution in [0.4, 0.5) is 0 Å². The van der Waals surface area contributed by atoms with E-state index < -0.39 is 12.0 Å². The molecule has 0 saturated heterocycles. The number of carboxylic acid groups (broad SMARTS) is 1. The van der Waals surface area contributed by atoms with E-state index in [1.54, 1.807) is 18.1 Å². The van der Waals surface area contributed by atoms with Gasteiger partial charge in [0.05, 0.1) is 12.5 Å². The maximum absolute atomic E-state index is 10.4. The Balaban J connectivity index is 2.60. The summed E-state index contributed by atoms with van der Waals surface area (Å²) in [5, 5.41) is 17.5. The second kappa shape index (κ2) is 5.17. The molecule has 0 amide bonds. The van der Waals surface area contributed by atoms with E-state index in [4.69, 9.17) is 10.4 Å². The van der Waals surface area contributed by atoms with Crippen LogP contribution in [-0.2, 0) is 4.79 Å². The van der Waals surface area contributed by atoms with Gasteiger partial charge in [-0.25, -0.2) is 0 Å². The molecule has 0 fully saturated rings. The maximum atomic E-state index is 10.4. The van der Waals surface area contributed by atoms with Crippen LogP contribution in [0.3, 0.4) is 0 Å². The molecule has 0 aliphatic carbocycles. The van der Waals surface area contributed by atoms with Gasteiger partial charge in [0.1, 0.15) is 6.04 Å². The molecule has 0 spiro atoms. The Bertz CT molecular complexity index is 353. The zero-order valence-electron chi connectivity index (χ0n) is 8.47. The second-order valence-corrected chi connectivity index (χ2v) is 3.28. The number of aliphatic carboxylic acids is 1. The monoisotopic (exact) mass is 207 g/mol. The van der Waals surface area contributed by atoms with Crippen molar-refractivity contribution < 1.29 is 9.90 Å². The van der Waals surface area contributed by atoms with E-state index in [0.29, 0.717) is 6.54 Å². The van der Waals surface area contributed by atoms with E-state index in [1.807, 2.05) is 12.1 Å². The molecule has 0 bridgehead atoms. The van der Waals surface area contributed by atoms with Gasteiger partial charge in [0, 0.05) is 18.4 Å². The Morgan fingerprint density at radius 2 is 2.53 bits per heavy atom. The number of carbonyl (C=O) groups is 1. The summed E-state index contributed by atoms with van der Waals surface area (Å²) < 4.78 is 0. The van der Waals surface area contributed by atoms with E-state index in [-0.39, 0.29) is 6.42 Å². The predicted octanol–water partition coefficient (Wildman–Crippen LogP) is 0.986. The van der Waals surface area contributed by atoms with Gasteiger partial charge in [-0.05, 0) is 19.2 Å². The first-order valence-corrected chi connectivity index (χ1v) is 4.60. The molecule has 15 heavy (non-hydrogen) atoms. The number of hydrogen-bond donors (Lipinski definition) is 2. The van der Waals surface area contributed by atoms with E-state index >= 15 is 0 Å². The summed E-state index contributed by atoms with van der Waals surface area (Å²) in [4.78, 5) is 15.0. The molecule has 1 heterocycles. The van der Waals surface area contributed by atoms with Crippen molar-refractivity contribution in [1.82, 2.24) is 9.88 Å². The van der Waals surface area contributed by atoms with Crippen molar-refractivity contribution in [3.8, 4) is 6.07 Å². The third kappa shape index (κ3) is 3.11. The van der Waals surface area contributed by atoms with Crippen molar-refractivity contribution in [2.45, 2.75) is 12.5 Å². The third-order valence-corrected chi connectivity index (χ3v) is 2.16. The smallest absolute Gasteiger partial charge is 0.304 e. The van der Waals surface area contributed by atoms with Gasteiger partial charge in [-0.15, -0.1) is 0 Å². The van der Waals surface area contributed by atoms with Gasteiger partial charge in [0.15, 0.2) is 0 Å². The molecule has 1 atom stereocenters. The lowest BCUT2D eigenvalue weighted by molar-refractivity contribution is -0.137. The quantitative estimate of drug-likeness (QED) is 0.754. The molecule has 0 aliphatic rings. The first kappa shape index (κ1) is 11.3. The molecule has 0 aromatic carbocycles. The molecule has 0 radical (unpaired) electrons. The number of carboxylic acids is 1. The largest absolute Gasteiger partial charge is 0.481 e. The zero-order valence-corrected chi connectivity index (χ0v) is 8.47. The highest BCUT2D eigenvalue weighted by Gasteiger charge is 2.17. The van der Waals surface area contributed by atoms with Crippen molar-refractivity contribution in [2.24, 2.45) is 0 Å².